The van der Waals surface area contributed by atoms with Crippen LogP contribution in [0.1, 0.15) is 21.6 Å². The summed E-state index contributed by atoms with van der Waals surface area (Å²) in [6, 6.07) is 14.9. The molecule has 0 aliphatic carbocycles. The Morgan fingerprint density at radius 1 is 1.33 bits per heavy atom. The summed E-state index contributed by atoms with van der Waals surface area (Å²) in [5.41, 5.74) is 4.89. The smallest absolute Gasteiger partial charge is 0.248 e. The lowest BCUT2D eigenvalue weighted by molar-refractivity contribution is -0.111. The highest BCUT2D eigenvalue weighted by atomic mass is 32.1. The second-order valence-corrected chi connectivity index (χ2v) is 6.72. The van der Waals surface area contributed by atoms with Gasteiger partial charge in [-0.3, -0.25) is 9.78 Å². The molecule has 27 heavy (non-hydrogen) atoms. The SMILES string of the molecule is Cc1cc(OCc2cccc(C#N)c2)ccc1NC(=O)/C=C/c1cncs1. The molecule has 0 radical (unpaired) electrons. The van der Waals surface area contributed by atoms with Crippen molar-refractivity contribution in [3.05, 3.63) is 81.8 Å². The molecule has 1 N–H and O–H groups in total. The number of nitrogens with one attached hydrogen (secondary N) is 1. The van der Waals surface area contributed by atoms with E-state index in [1.807, 2.05) is 37.3 Å². The fourth-order valence-electron chi connectivity index (χ4n) is 2.40. The third kappa shape index (κ3) is 5.27. The average Bonchev–Trinajstić information content (AvgIpc) is 3.20. The zero-order valence-corrected chi connectivity index (χ0v) is 15.5. The van der Waals surface area contributed by atoms with Crippen LogP contribution in [0.5, 0.6) is 5.75 Å². The lowest BCUT2D eigenvalue weighted by Gasteiger charge is -2.11. The molecule has 1 amide bonds. The summed E-state index contributed by atoms with van der Waals surface area (Å²) in [5, 5.41) is 11.8. The maximum Gasteiger partial charge on any atom is 0.248 e. The van der Waals surface area contributed by atoms with Gasteiger partial charge in [-0.25, -0.2) is 0 Å². The van der Waals surface area contributed by atoms with E-state index in [4.69, 9.17) is 10.00 Å². The quantitative estimate of drug-likeness (QED) is 0.641. The zero-order valence-electron chi connectivity index (χ0n) is 14.7. The Balaban J connectivity index is 1.59. The molecule has 0 aliphatic rings. The van der Waals surface area contributed by atoms with E-state index in [0.717, 1.165) is 21.7 Å². The van der Waals surface area contributed by atoms with Crippen molar-refractivity contribution in [2.45, 2.75) is 13.5 Å². The molecule has 134 valence electrons. The molecule has 0 spiro atoms. The number of rotatable bonds is 6. The molecule has 0 aliphatic heterocycles. The van der Waals surface area contributed by atoms with E-state index in [9.17, 15) is 4.79 Å². The number of amides is 1. The lowest BCUT2D eigenvalue weighted by Crippen LogP contribution is -2.09. The van der Waals surface area contributed by atoms with Crippen molar-refractivity contribution in [2.24, 2.45) is 0 Å². The van der Waals surface area contributed by atoms with Crippen molar-refractivity contribution in [1.82, 2.24) is 4.98 Å². The first kappa shape index (κ1) is 18.4. The number of aromatic nitrogens is 1. The van der Waals surface area contributed by atoms with Crippen molar-refractivity contribution >= 4 is 29.0 Å². The third-order valence-corrected chi connectivity index (χ3v) is 4.51. The summed E-state index contributed by atoms with van der Waals surface area (Å²) in [6.45, 7) is 2.28. The number of hydrogen-bond acceptors (Lipinski definition) is 5. The third-order valence-electron chi connectivity index (χ3n) is 3.77. The highest BCUT2D eigenvalue weighted by Crippen LogP contribution is 2.22. The minimum Gasteiger partial charge on any atom is -0.489 e. The summed E-state index contributed by atoms with van der Waals surface area (Å²) < 4.78 is 5.79. The molecule has 5 nitrogen and oxygen atoms in total. The van der Waals surface area contributed by atoms with Crippen LogP contribution in [0.3, 0.4) is 0 Å². The van der Waals surface area contributed by atoms with Gasteiger partial charge in [-0.05, 0) is 54.5 Å². The van der Waals surface area contributed by atoms with E-state index in [-0.39, 0.29) is 5.91 Å². The molecule has 1 aromatic heterocycles. The van der Waals surface area contributed by atoms with Gasteiger partial charge in [0, 0.05) is 22.8 Å². The molecule has 2 aromatic carbocycles. The van der Waals surface area contributed by atoms with Crippen LogP contribution in [-0.2, 0) is 11.4 Å². The van der Waals surface area contributed by atoms with E-state index in [1.165, 1.54) is 17.4 Å². The van der Waals surface area contributed by atoms with Gasteiger partial charge in [0.05, 0.1) is 17.1 Å². The van der Waals surface area contributed by atoms with Crippen LogP contribution in [0.25, 0.3) is 6.08 Å². The van der Waals surface area contributed by atoms with Crippen LogP contribution in [-0.4, -0.2) is 10.9 Å². The monoisotopic (exact) mass is 375 g/mol. The molecule has 3 aromatic rings. The number of benzene rings is 2. The van der Waals surface area contributed by atoms with Crippen LogP contribution in [0.4, 0.5) is 5.69 Å². The maximum atomic E-state index is 12.0. The van der Waals surface area contributed by atoms with Crippen LogP contribution < -0.4 is 10.1 Å². The van der Waals surface area contributed by atoms with E-state index in [0.29, 0.717) is 17.9 Å². The second-order valence-electron chi connectivity index (χ2n) is 5.80. The number of nitriles is 1. The van der Waals surface area contributed by atoms with Crippen molar-refractivity contribution in [3.8, 4) is 11.8 Å². The highest BCUT2D eigenvalue weighted by Gasteiger charge is 2.05. The second kappa shape index (κ2) is 8.79. The molecule has 0 saturated carbocycles. The average molecular weight is 375 g/mol. The van der Waals surface area contributed by atoms with Gasteiger partial charge < -0.3 is 10.1 Å². The predicted molar refractivity (Wildman–Crippen MR) is 106 cm³/mol. The van der Waals surface area contributed by atoms with Crippen LogP contribution in [0.15, 0.2) is 60.2 Å². The molecule has 0 saturated heterocycles. The molecule has 6 heteroatoms. The van der Waals surface area contributed by atoms with Crippen LogP contribution in [0, 0.1) is 18.3 Å². The number of hydrogen-bond donors (Lipinski definition) is 1. The summed E-state index contributed by atoms with van der Waals surface area (Å²) in [7, 11) is 0. The van der Waals surface area contributed by atoms with Crippen molar-refractivity contribution in [2.75, 3.05) is 5.32 Å². The van der Waals surface area contributed by atoms with Crippen molar-refractivity contribution < 1.29 is 9.53 Å². The molecule has 0 bridgehead atoms. The lowest BCUT2D eigenvalue weighted by atomic mass is 10.1. The molecular formula is C21H17N3O2S. The minimum absolute atomic E-state index is 0.200. The molecule has 3 rings (SSSR count). The maximum absolute atomic E-state index is 12.0. The topological polar surface area (TPSA) is 75.0 Å². The van der Waals surface area contributed by atoms with Gasteiger partial charge in [-0.1, -0.05) is 12.1 Å². The summed E-state index contributed by atoms with van der Waals surface area (Å²) in [6.07, 6.45) is 4.92. The van der Waals surface area contributed by atoms with Gasteiger partial charge in [0.2, 0.25) is 5.91 Å². The highest BCUT2D eigenvalue weighted by molar-refractivity contribution is 7.10. The first-order valence-electron chi connectivity index (χ1n) is 8.24. The molecule has 0 unspecified atom stereocenters. The molecule has 0 fully saturated rings. The number of carbonyl (C=O) groups excluding carboxylic acids is 1. The van der Waals surface area contributed by atoms with E-state index >= 15 is 0 Å². The van der Waals surface area contributed by atoms with E-state index in [1.54, 1.807) is 29.9 Å². The molecule has 0 atom stereocenters. The first-order chi connectivity index (χ1) is 13.1. The predicted octanol–water partition coefficient (Wildman–Crippen LogP) is 4.55. The summed E-state index contributed by atoms with van der Waals surface area (Å²) in [4.78, 5) is 16.9. The largest absolute Gasteiger partial charge is 0.489 e. The Bertz CT molecular complexity index is 1000. The van der Waals surface area contributed by atoms with Gasteiger partial charge in [-0.15, -0.1) is 11.3 Å². The number of carbonyl (C=O) groups is 1. The minimum atomic E-state index is -0.200. The van der Waals surface area contributed by atoms with E-state index in [2.05, 4.69) is 16.4 Å². The zero-order chi connectivity index (χ0) is 19.1. The fraction of sp³-hybridized carbons (Fsp3) is 0.0952. The van der Waals surface area contributed by atoms with Gasteiger partial charge in [-0.2, -0.15) is 5.26 Å². The first-order valence-corrected chi connectivity index (χ1v) is 9.12. The number of anilines is 1. The Kier molecular flexibility index (Phi) is 5.98. The Morgan fingerprint density at radius 2 is 2.22 bits per heavy atom. The standard InChI is InChI=1S/C21H17N3O2S/c1-15-9-18(26-13-17-4-2-3-16(10-17)11-22)5-7-20(15)24-21(25)8-6-19-12-23-14-27-19/h2-10,12,14H,13H2,1H3,(H,24,25)/b8-6+. The van der Waals surface area contributed by atoms with Gasteiger partial charge in [0.15, 0.2) is 0 Å². The number of ether oxygens (including phenoxy) is 1. The summed E-state index contributed by atoms with van der Waals surface area (Å²) >= 11 is 1.47. The van der Waals surface area contributed by atoms with Gasteiger partial charge in [0.25, 0.3) is 0 Å². The van der Waals surface area contributed by atoms with Crippen LogP contribution >= 0.6 is 11.3 Å². The van der Waals surface area contributed by atoms with Gasteiger partial charge >= 0.3 is 0 Å². The van der Waals surface area contributed by atoms with Crippen molar-refractivity contribution in [3.63, 3.8) is 0 Å². The summed E-state index contributed by atoms with van der Waals surface area (Å²) in [5.74, 6) is 0.501. The Labute approximate surface area is 161 Å². The normalized spacial score (nSPS) is 10.5. The van der Waals surface area contributed by atoms with Gasteiger partial charge in [0.1, 0.15) is 12.4 Å². The molecular weight excluding hydrogens is 358 g/mol. The van der Waals surface area contributed by atoms with E-state index < -0.39 is 0 Å². The van der Waals surface area contributed by atoms with Crippen LogP contribution in [0.2, 0.25) is 0 Å². The number of aryl methyl sites for hydroxylation is 1. The molecule has 1 heterocycles. The number of nitrogens with zero attached hydrogens (tertiary/aromatic N) is 2. The fourth-order valence-corrected chi connectivity index (χ4v) is 2.92. The number of thiazole rings is 1. The van der Waals surface area contributed by atoms with Crippen molar-refractivity contribution in [1.29, 1.82) is 5.26 Å². The Hall–Kier alpha value is -3.43. The Morgan fingerprint density at radius 3 is 2.96 bits per heavy atom.